The van der Waals surface area contributed by atoms with Gasteiger partial charge in [-0.1, -0.05) is 0 Å². The summed E-state index contributed by atoms with van der Waals surface area (Å²) in [7, 11) is 0. The molecule has 2 rings (SSSR count). The predicted molar refractivity (Wildman–Crippen MR) is 73.6 cm³/mol. The van der Waals surface area contributed by atoms with Crippen molar-refractivity contribution in [2.45, 2.75) is 0 Å². The fourth-order valence-corrected chi connectivity index (χ4v) is 1.57. The molecule has 108 valence electrons. The number of amides is 1. The minimum Gasteiger partial charge on any atom is -0.411 e. The van der Waals surface area contributed by atoms with Crippen LogP contribution in [0.3, 0.4) is 0 Å². The Balaban J connectivity index is 2.23. The van der Waals surface area contributed by atoms with Gasteiger partial charge in [0.1, 0.15) is 11.9 Å². The average Bonchev–Trinajstić information content (AvgIpc) is 2.40. The molecule has 2 aromatic rings. The molecular formula is C11H8ClN5O4. The zero-order valence-corrected chi connectivity index (χ0v) is 11.1. The van der Waals surface area contributed by atoms with Gasteiger partial charge in [0.15, 0.2) is 0 Å². The molecular weight excluding hydrogens is 302 g/mol. The molecule has 3 N–H and O–H groups in total. The van der Waals surface area contributed by atoms with E-state index < -0.39 is 11.0 Å². The number of halogens is 1. The lowest BCUT2D eigenvalue weighted by molar-refractivity contribution is -0.384. The molecule has 0 fully saturated rings. The van der Waals surface area contributed by atoms with Crippen LogP contribution < -0.4 is 15.8 Å². The van der Waals surface area contributed by atoms with E-state index in [1.54, 1.807) is 0 Å². The summed E-state index contributed by atoms with van der Waals surface area (Å²) in [5, 5.41) is 13.5. The molecule has 0 saturated heterocycles. The lowest BCUT2D eigenvalue weighted by Crippen LogP contribution is -2.16. The number of primary amides is 1. The quantitative estimate of drug-likeness (QED) is 0.502. The minimum absolute atomic E-state index is 0.0523. The Bertz CT molecular complexity index is 692. The summed E-state index contributed by atoms with van der Waals surface area (Å²) in [6.45, 7) is 0. The second-order valence-electron chi connectivity index (χ2n) is 3.70. The SMILES string of the molecule is NC(=O)Oc1ccc(Nc2nc(Cl)ncc2[N+](=O)[O-])cc1. The maximum absolute atomic E-state index is 10.9. The van der Waals surface area contributed by atoms with E-state index in [-0.39, 0.29) is 22.5 Å². The summed E-state index contributed by atoms with van der Waals surface area (Å²) in [5.41, 5.74) is 5.03. The van der Waals surface area contributed by atoms with Crippen LogP contribution in [0.15, 0.2) is 30.5 Å². The topological polar surface area (TPSA) is 133 Å². The summed E-state index contributed by atoms with van der Waals surface area (Å²) in [4.78, 5) is 28.1. The van der Waals surface area contributed by atoms with Gasteiger partial charge in [-0.25, -0.2) is 9.78 Å². The van der Waals surface area contributed by atoms with Gasteiger partial charge in [0, 0.05) is 5.69 Å². The third-order valence-electron chi connectivity index (χ3n) is 2.27. The predicted octanol–water partition coefficient (Wildman–Crippen LogP) is 2.24. The van der Waals surface area contributed by atoms with Gasteiger partial charge in [-0.15, -0.1) is 0 Å². The Morgan fingerprint density at radius 1 is 1.38 bits per heavy atom. The number of benzene rings is 1. The summed E-state index contributed by atoms with van der Waals surface area (Å²) < 4.78 is 4.66. The number of anilines is 2. The van der Waals surface area contributed by atoms with Gasteiger partial charge in [0.05, 0.1) is 4.92 Å². The smallest absolute Gasteiger partial charge is 0.409 e. The van der Waals surface area contributed by atoms with E-state index in [9.17, 15) is 14.9 Å². The van der Waals surface area contributed by atoms with E-state index in [0.29, 0.717) is 5.69 Å². The van der Waals surface area contributed by atoms with Crippen molar-refractivity contribution in [3.8, 4) is 5.75 Å². The van der Waals surface area contributed by atoms with Crippen LogP contribution >= 0.6 is 11.6 Å². The molecule has 0 aliphatic heterocycles. The van der Waals surface area contributed by atoms with Crippen LogP contribution in [0.2, 0.25) is 5.28 Å². The van der Waals surface area contributed by atoms with Crippen LogP contribution in [0.4, 0.5) is 22.0 Å². The molecule has 0 bridgehead atoms. The molecule has 0 radical (unpaired) electrons. The fraction of sp³-hybridized carbons (Fsp3) is 0. The first-order valence-corrected chi connectivity index (χ1v) is 5.85. The molecule has 0 saturated carbocycles. The van der Waals surface area contributed by atoms with Crippen molar-refractivity contribution >= 4 is 34.9 Å². The van der Waals surface area contributed by atoms with Crippen LogP contribution in [0.1, 0.15) is 0 Å². The van der Waals surface area contributed by atoms with Crippen molar-refractivity contribution in [3.63, 3.8) is 0 Å². The van der Waals surface area contributed by atoms with Gasteiger partial charge in [-0.05, 0) is 35.9 Å². The largest absolute Gasteiger partial charge is 0.411 e. The molecule has 9 nitrogen and oxygen atoms in total. The van der Waals surface area contributed by atoms with Gasteiger partial charge in [0.2, 0.25) is 11.1 Å². The van der Waals surface area contributed by atoms with Crippen molar-refractivity contribution in [1.29, 1.82) is 0 Å². The van der Waals surface area contributed by atoms with Gasteiger partial charge in [-0.3, -0.25) is 10.1 Å². The molecule has 0 aliphatic carbocycles. The number of carbonyl (C=O) groups is 1. The first kappa shape index (κ1) is 14.5. The third-order valence-corrected chi connectivity index (χ3v) is 2.45. The van der Waals surface area contributed by atoms with E-state index in [2.05, 4.69) is 20.0 Å². The van der Waals surface area contributed by atoms with Gasteiger partial charge in [0.25, 0.3) is 0 Å². The molecule has 0 spiro atoms. The molecule has 21 heavy (non-hydrogen) atoms. The van der Waals surface area contributed by atoms with Crippen molar-refractivity contribution in [1.82, 2.24) is 9.97 Å². The molecule has 0 aliphatic rings. The fourth-order valence-electron chi connectivity index (χ4n) is 1.44. The Hall–Kier alpha value is -2.94. The lowest BCUT2D eigenvalue weighted by atomic mass is 10.3. The first-order chi connectivity index (χ1) is 9.95. The van der Waals surface area contributed by atoms with Crippen LogP contribution in [-0.2, 0) is 0 Å². The highest BCUT2D eigenvalue weighted by Gasteiger charge is 2.17. The molecule has 1 heterocycles. The molecule has 1 amide bonds. The van der Waals surface area contributed by atoms with E-state index in [4.69, 9.17) is 17.3 Å². The standard InChI is InChI=1S/C11H8ClN5O4/c12-10-14-5-8(17(19)20)9(16-10)15-6-1-3-7(4-2-6)21-11(13)18/h1-5H,(H2,13,18)(H,14,15,16). The van der Waals surface area contributed by atoms with Crippen LogP contribution in [-0.4, -0.2) is 21.0 Å². The average molecular weight is 310 g/mol. The van der Waals surface area contributed by atoms with E-state index in [0.717, 1.165) is 6.20 Å². The highest BCUT2D eigenvalue weighted by atomic mass is 35.5. The number of aromatic nitrogens is 2. The Morgan fingerprint density at radius 3 is 2.62 bits per heavy atom. The third kappa shape index (κ3) is 3.76. The van der Waals surface area contributed by atoms with Crippen LogP contribution in [0, 0.1) is 10.1 Å². The number of nitrogens with zero attached hydrogens (tertiary/aromatic N) is 3. The monoisotopic (exact) mass is 309 g/mol. The van der Waals surface area contributed by atoms with Crippen LogP contribution in [0.25, 0.3) is 0 Å². The zero-order chi connectivity index (χ0) is 15.4. The Kier molecular flexibility index (Phi) is 4.14. The molecule has 10 heteroatoms. The second-order valence-corrected chi connectivity index (χ2v) is 4.04. The minimum atomic E-state index is -0.936. The number of ether oxygens (including phenoxy) is 1. The number of rotatable bonds is 4. The number of nitrogens with one attached hydrogen (secondary N) is 1. The van der Waals surface area contributed by atoms with Crippen molar-refractivity contribution in [2.75, 3.05) is 5.32 Å². The number of nitro groups is 1. The summed E-state index contributed by atoms with van der Waals surface area (Å²) >= 11 is 5.61. The normalized spacial score (nSPS) is 9.95. The number of carbonyl (C=O) groups excluding carboxylic acids is 1. The summed E-state index contributed by atoms with van der Waals surface area (Å²) in [5.74, 6) is 0.187. The van der Waals surface area contributed by atoms with E-state index in [1.165, 1.54) is 24.3 Å². The number of nitrogens with two attached hydrogens (primary N) is 1. The summed E-state index contributed by atoms with van der Waals surface area (Å²) in [6, 6.07) is 5.97. The van der Waals surface area contributed by atoms with E-state index >= 15 is 0 Å². The Labute approximate surface area is 122 Å². The molecule has 1 aromatic heterocycles. The lowest BCUT2D eigenvalue weighted by Gasteiger charge is -2.07. The van der Waals surface area contributed by atoms with Crippen molar-refractivity contribution in [3.05, 3.63) is 45.9 Å². The number of hydrogen-bond donors (Lipinski definition) is 2. The molecule has 0 unspecified atom stereocenters. The maximum atomic E-state index is 10.9. The van der Waals surface area contributed by atoms with E-state index in [1.807, 2.05) is 0 Å². The van der Waals surface area contributed by atoms with Crippen LogP contribution in [0.5, 0.6) is 5.75 Å². The van der Waals surface area contributed by atoms with Crippen molar-refractivity contribution < 1.29 is 14.5 Å². The number of hydrogen-bond acceptors (Lipinski definition) is 7. The van der Waals surface area contributed by atoms with Gasteiger partial charge in [-0.2, -0.15) is 4.98 Å². The molecule has 0 atom stereocenters. The Morgan fingerprint density at radius 2 is 2.05 bits per heavy atom. The van der Waals surface area contributed by atoms with Gasteiger partial charge < -0.3 is 15.8 Å². The highest BCUT2D eigenvalue weighted by Crippen LogP contribution is 2.26. The van der Waals surface area contributed by atoms with Crippen molar-refractivity contribution in [2.24, 2.45) is 5.73 Å². The second kappa shape index (κ2) is 6.01. The first-order valence-electron chi connectivity index (χ1n) is 5.47. The maximum Gasteiger partial charge on any atom is 0.409 e. The molecule has 1 aromatic carbocycles. The summed E-state index contributed by atoms with van der Waals surface area (Å²) in [6.07, 6.45) is 0.0660. The van der Waals surface area contributed by atoms with Gasteiger partial charge >= 0.3 is 11.8 Å². The zero-order valence-electron chi connectivity index (χ0n) is 10.3. The highest BCUT2D eigenvalue weighted by molar-refractivity contribution is 6.28.